The number of fused-ring (bicyclic) bond motifs is 1. The molecule has 2 aromatic rings. The van der Waals surface area contributed by atoms with Crippen LogP contribution in [0.15, 0.2) is 60.7 Å². The molecular weight excluding hydrogens is 444 g/mol. The zero-order valence-corrected chi connectivity index (χ0v) is 18.4. The molecule has 0 unspecified atom stereocenters. The average Bonchev–Trinajstić information content (AvgIpc) is 3.32. The Hall–Kier alpha value is -3.45. The quantitative estimate of drug-likeness (QED) is 0.298. The van der Waals surface area contributed by atoms with Crippen LogP contribution in [0.4, 0.5) is 11.4 Å². The number of esters is 1. The van der Waals surface area contributed by atoms with Crippen molar-refractivity contribution in [3.05, 3.63) is 65.7 Å². The normalized spacial score (nSPS) is 24.4. The van der Waals surface area contributed by atoms with Gasteiger partial charge in [0.25, 0.3) is 0 Å². The van der Waals surface area contributed by atoms with Crippen LogP contribution in [0.1, 0.15) is 19.3 Å². The third-order valence-electron chi connectivity index (χ3n) is 6.40. The predicted octanol–water partition coefficient (Wildman–Crippen LogP) is 3.75. The first-order chi connectivity index (χ1) is 15.9. The maximum atomic E-state index is 12.8. The van der Waals surface area contributed by atoms with Gasteiger partial charge in [-0.25, -0.2) is 4.90 Å². The molecule has 3 atom stereocenters. The van der Waals surface area contributed by atoms with Crippen molar-refractivity contribution in [2.24, 2.45) is 17.8 Å². The van der Waals surface area contributed by atoms with Crippen LogP contribution in [0.25, 0.3) is 0 Å². The first kappa shape index (κ1) is 21.4. The fraction of sp³-hybridized carbons (Fsp3) is 0.280. The van der Waals surface area contributed by atoms with Gasteiger partial charge in [0.15, 0.2) is 0 Å². The fourth-order valence-electron chi connectivity index (χ4n) is 4.68. The van der Waals surface area contributed by atoms with Crippen molar-refractivity contribution >= 4 is 46.7 Å². The van der Waals surface area contributed by atoms with E-state index in [9.17, 15) is 19.2 Å². The summed E-state index contributed by atoms with van der Waals surface area (Å²) in [6.45, 7) is 0.207. The van der Waals surface area contributed by atoms with Gasteiger partial charge < -0.3 is 9.64 Å². The van der Waals surface area contributed by atoms with Crippen LogP contribution in [0.5, 0.6) is 5.75 Å². The minimum absolute atomic E-state index is 0.0423. The Morgan fingerprint density at radius 1 is 0.909 bits per heavy atom. The van der Waals surface area contributed by atoms with Crippen molar-refractivity contribution < 1.29 is 23.9 Å². The number of hydrogen-bond donors (Lipinski definition) is 0. The van der Waals surface area contributed by atoms with Crippen molar-refractivity contribution in [2.45, 2.75) is 19.3 Å². The number of imide groups is 1. The number of rotatable bonds is 4. The second-order valence-corrected chi connectivity index (χ2v) is 8.90. The number of amides is 3. The van der Waals surface area contributed by atoms with Gasteiger partial charge in [-0.1, -0.05) is 29.8 Å². The smallest absolute Gasteiger partial charge is 0.316 e. The van der Waals surface area contributed by atoms with Crippen LogP contribution in [-0.2, 0) is 19.2 Å². The third kappa shape index (κ3) is 3.93. The molecule has 2 saturated heterocycles. The Labute approximate surface area is 195 Å². The molecule has 2 heterocycles. The predicted molar refractivity (Wildman–Crippen MR) is 122 cm³/mol. The van der Waals surface area contributed by atoms with Crippen LogP contribution < -0.4 is 14.5 Å². The molecule has 0 saturated carbocycles. The van der Waals surface area contributed by atoms with Gasteiger partial charge >= 0.3 is 5.97 Å². The van der Waals surface area contributed by atoms with E-state index in [1.54, 1.807) is 42.5 Å². The van der Waals surface area contributed by atoms with E-state index < -0.39 is 11.9 Å². The van der Waals surface area contributed by atoms with Crippen LogP contribution in [-0.4, -0.2) is 30.2 Å². The highest BCUT2D eigenvalue weighted by Gasteiger charge is 2.48. The summed E-state index contributed by atoms with van der Waals surface area (Å²) < 4.78 is 5.54. The van der Waals surface area contributed by atoms with E-state index in [0.29, 0.717) is 29.2 Å². The molecular formula is C25H21ClN2O5. The molecule has 2 fully saturated rings. The Bertz CT molecular complexity index is 1150. The lowest BCUT2D eigenvalue weighted by molar-refractivity contribution is -0.139. The van der Waals surface area contributed by atoms with Crippen molar-refractivity contribution in [2.75, 3.05) is 16.3 Å². The lowest BCUT2D eigenvalue weighted by Crippen LogP contribution is -2.31. The van der Waals surface area contributed by atoms with E-state index in [1.807, 2.05) is 12.2 Å². The van der Waals surface area contributed by atoms with Gasteiger partial charge in [-0.05, 0) is 49.2 Å². The van der Waals surface area contributed by atoms with Crippen LogP contribution in [0.2, 0.25) is 5.02 Å². The van der Waals surface area contributed by atoms with Crippen LogP contribution in [0.3, 0.4) is 0 Å². The van der Waals surface area contributed by atoms with Crippen LogP contribution >= 0.6 is 11.6 Å². The van der Waals surface area contributed by atoms with Gasteiger partial charge in [-0.2, -0.15) is 0 Å². The molecule has 0 radical (unpaired) electrons. The monoisotopic (exact) mass is 464 g/mol. The topological polar surface area (TPSA) is 84.0 Å². The van der Waals surface area contributed by atoms with E-state index in [0.717, 1.165) is 0 Å². The lowest BCUT2D eigenvalue weighted by atomic mass is 9.85. The fourth-order valence-corrected chi connectivity index (χ4v) is 4.80. The van der Waals surface area contributed by atoms with E-state index in [4.69, 9.17) is 16.3 Å². The van der Waals surface area contributed by atoms with E-state index in [2.05, 4.69) is 0 Å². The molecule has 0 N–H and O–H groups in total. The zero-order valence-electron chi connectivity index (χ0n) is 17.6. The number of anilines is 2. The van der Waals surface area contributed by atoms with Crippen molar-refractivity contribution in [3.63, 3.8) is 0 Å². The van der Waals surface area contributed by atoms with Crippen molar-refractivity contribution in [3.8, 4) is 5.75 Å². The molecule has 2 aromatic carbocycles. The summed E-state index contributed by atoms with van der Waals surface area (Å²) in [6, 6.07) is 13.2. The highest BCUT2D eigenvalue weighted by Crippen LogP contribution is 2.38. The van der Waals surface area contributed by atoms with E-state index >= 15 is 0 Å². The van der Waals surface area contributed by atoms with Crippen LogP contribution in [0, 0.1) is 17.8 Å². The lowest BCUT2D eigenvalue weighted by Gasteiger charge is -2.17. The standard InChI is InChI=1S/C25H21ClN2O5/c26-16-8-10-17(11-9-16)27-14-15(12-22(27)29)25(32)33-19-5-3-4-18(13-19)28-23(30)20-6-1-2-7-21(20)24(28)31/h1-5,8-11,13,15,20-21H,6-7,12,14H2/t15-,20-,21+/m0/s1. The average molecular weight is 465 g/mol. The Morgan fingerprint density at radius 3 is 2.24 bits per heavy atom. The van der Waals surface area contributed by atoms with Gasteiger partial charge in [0.2, 0.25) is 17.7 Å². The molecule has 0 spiro atoms. The summed E-state index contributed by atoms with van der Waals surface area (Å²) in [6.07, 6.45) is 5.02. The van der Waals surface area contributed by atoms with Gasteiger partial charge in [0.1, 0.15) is 5.75 Å². The SMILES string of the molecule is O=C(Oc1cccc(N2C(=O)[C@H]3CC=CC[C@H]3C2=O)c1)[C@H]1CC(=O)N(c2ccc(Cl)cc2)C1. The zero-order chi connectivity index (χ0) is 23.1. The first-order valence-electron chi connectivity index (χ1n) is 10.8. The van der Waals surface area contributed by atoms with E-state index in [-0.39, 0.29) is 48.3 Å². The number of benzene rings is 2. The first-order valence-corrected chi connectivity index (χ1v) is 11.2. The number of hydrogen-bond acceptors (Lipinski definition) is 5. The molecule has 3 aliphatic rings. The third-order valence-corrected chi connectivity index (χ3v) is 6.65. The summed E-state index contributed by atoms with van der Waals surface area (Å²) in [5.74, 6) is -2.22. The summed E-state index contributed by atoms with van der Waals surface area (Å²) in [5, 5.41) is 0.562. The van der Waals surface area contributed by atoms with Gasteiger partial charge in [0.05, 0.1) is 23.4 Å². The highest BCUT2D eigenvalue weighted by atomic mass is 35.5. The molecule has 2 aliphatic heterocycles. The molecule has 168 valence electrons. The second kappa shape index (κ2) is 8.48. The number of ether oxygens (including phenoxy) is 1. The largest absolute Gasteiger partial charge is 0.426 e. The minimum Gasteiger partial charge on any atom is -0.426 e. The van der Waals surface area contributed by atoms with Gasteiger partial charge in [-0.3, -0.25) is 19.2 Å². The van der Waals surface area contributed by atoms with Gasteiger partial charge in [-0.15, -0.1) is 0 Å². The van der Waals surface area contributed by atoms with Gasteiger partial charge in [0, 0.05) is 29.7 Å². The number of carbonyl (C=O) groups is 4. The Kier molecular flexibility index (Phi) is 5.50. The molecule has 7 nitrogen and oxygen atoms in total. The second-order valence-electron chi connectivity index (χ2n) is 8.47. The summed E-state index contributed by atoms with van der Waals surface area (Å²) in [7, 11) is 0. The maximum absolute atomic E-state index is 12.8. The van der Waals surface area contributed by atoms with Crippen molar-refractivity contribution in [1.82, 2.24) is 0 Å². The Morgan fingerprint density at radius 2 is 1.58 bits per heavy atom. The number of carbonyl (C=O) groups excluding carboxylic acids is 4. The molecule has 5 rings (SSSR count). The Balaban J connectivity index is 1.29. The molecule has 0 aromatic heterocycles. The molecule has 1 aliphatic carbocycles. The summed E-state index contributed by atoms with van der Waals surface area (Å²) in [5.41, 5.74) is 1.05. The number of halogens is 1. The molecule has 3 amide bonds. The molecule has 0 bridgehead atoms. The minimum atomic E-state index is -0.624. The van der Waals surface area contributed by atoms with E-state index in [1.165, 1.54) is 15.9 Å². The number of nitrogens with zero attached hydrogens (tertiary/aromatic N) is 2. The maximum Gasteiger partial charge on any atom is 0.316 e. The van der Waals surface area contributed by atoms with Crippen molar-refractivity contribution in [1.29, 1.82) is 0 Å². The summed E-state index contributed by atoms with van der Waals surface area (Å²) >= 11 is 5.91. The summed E-state index contributed by atoms with van der Waals surface area (Å²) in [4.78, 5) is 53.6. The molecule has 8 heteroatoms. The molecule has 33 heavy (non-hydrogen) atoms. The number of allylic oxidation sites excluding steroid dienone is 2. The highest BCUT2D eigenvalue weighted by molar-refractivity contribution is 6.30.